The van der Waals surface area contributed by atoms with E-state index < -0.39 is 5.60 Å². The van der Waals surface area contributed by atoms with Gasteiger partial charge in [-0.3, -0.25) is 0 Å². The molecule has 0 radical (unpaired) electrons. The Morgan fingerprint density at radius 2 is 2.07 bits per heavy atom. The van der Waals surface area contributed by atoms with Crippen LogP contribution in [-0.2, 0) is 16.8 Å². The lowest BCUT2D eigenvalue weighted by Gasteiger charge is -2.23. The van der Waals surface area contributed by atoms with Crippen molar-refractivity contribution < 1.29 is 14.3 Å². The van der Waals surface area contributed by atoms with Crippen LogP contribution in [0.4, 0.5) is 0 Å². The van der Waals surface area contributed by atoms with Gasteiger partial charge in [-0.25, -0.2) is 4.99 Å². The Kier molecular flexibility index (Phi) is 6.90. The van der Waals surface area contributed by atoms with E-state index >= 15 is 0 Å². The number of ether oxygens (including phenoxy) is 1. The largest absolute Gasteiger partial charge is 0.469 e. The molecule has 2 unspecified atom stereocenters. The molecule has 0 bridgehead atoms. The predicted octanol–water partition coefficient (Wildman–Crippen LogP) is 2.30. The normalized spacial score (nSPS) is 19.6. The van der Waals surface area contributed by atoms with Crippen LogP contribution < -0.4 is 10.6 Å². The number of hydrogen-bond acceptors (Lipinski definition) is 4. The SMILES string of the molecule is CC(O)(CN=C(NCCc1ccco1)NCC1CCOC1)c1ccccc1. The van der Waals surface area contributed by atoms with Gasteiger partial charge in [-0.15, -0.1) is 0 Å². The first-order valence-electron chi connectivity index (χ1n) is 9.54. The Balaban J connectivity index is 1.58. The van der Waals surface area contributed by atoms with Crippen molar-refractivity contribution in [3.05, 3.63) is 60.1 Å². The monoisotopic (exact) mass is 371 g/mol. The van der Waals surface area contributed by atoms with Gasteiger partial charge in [0.2, 0.25) is 0 Å². The van der Waals surface area contributed by atoms with E-state index in [9.17, 15) is 5.11 Å². The minimum atomic E-state index is -1.02. The minimum absolute atomic E-state index is 0.272. The van der Waals surface area contributed by atoms with E-state index in [2.05, 4.69) is 15.6 Å². The fourth-order valence-electron chi connectivity index (χ4n) is 3.04. The maximum atomic E-state index is 10.8. The number of aliphatic imine (C=N–C) groups is 1. The summed E-state index contributed by atoms with van der Waals surface area (Å²) in [6.45, 7) is 5.18. The molecule has 0 spiro atoms. The van der Waals surface area contributed by atoms with E-state index in [1.807, 2.05) is 42.5 Å². The molecule has 3 rings (SSSR count). The summed E-state index contributed by atoms with van der Waals surface area (Å²) in [6.07, 6.45) is 3.52. The van der Waals surface area contributed by atoms with Crippen LogP contribution in [-0.4, -0.2) is 43.9 Å². The van der Waals surface area contributed by atoms with Crippen molar-refractivity contribution in [3.63, 3.8) is 0 Å². The third-order valence-corrected chi connectivity index (χ3v) is 4.77. The molecule has 1 aliphatic heterocycles. The van der Waals surface area contributed by atoms with Crippen LogP contribution in [0.25, 0.3) is 0 Å². The molecule has 1 aliphatic rings. The summed E-state index contributed by atoms with van der Waals surface area (Å²) in [6, 6.07) is 13.5. The second-order valence-electron chi connectivity index (χ2n) is 7.17. The van der Waals surface area contributed by atoms with E-state index in [0.29, 0.717) is 18.4 Å². The molecule has 3 N–H and O–H groups in total. The van der Waals surface area contributed by atoms with Crippen LogP contribution in [0.2, 0.25) is 0 Å². The van der Waals surface area contributed by atoms with Crippen LogP contribution in [0.5, 0.6) is 0 Å². The van der Waals surface area contributed by atoms with Crippen molar-refractivity contribution in [3.8, 4) is 0 Å². The first-order valence-corrected chi connectivity index (χ1v) is 9.54. The van der Waals surface area contributed by atoms with Crippen molar-refractivity contribution in [2.75, 3.05) is 32.8 Å². The van der Waals surface area contributed by atoms with Crippen LogP contribution in [0, 0.1) is 5.92 Å². The Morgan fingerprint density at radius 1 is 1.22 bits per heavy atom. The maximum Gasteiger partial charge on any atom is 0.191 e. The van der Waals surface area contributed by atoms with Crippen molar-refractivity contribution in [2.45, 2.75) is 25.4 Å². The van der Waals surface area contributed by atoms with Gasteiger partial charge in [0.15, 0.2) is 5.96 Å². The molecule has 2 heterocycles. The topological polar surface area (TPSA) is 79.0 Å². The zero-order chi connectivity index (χ0) is 19.0. The van der Waals surface area contributed by atoms with Crippen LogP contribution in [0.1, 0.15) is 24.7 Å². The number of hydrogen-bond donors (Lipinski definition) is 3. The van der Waals surface area contributed by atoms with Gasteiger partial charge < -0.3 is 24.9 Å². The Labute approximate surface area is 160 Å². The predicted molar refractivity (Wildman–Crippen MR) is 106 cm³/mol. The molecule has 0 saturated carbocycles. The highest BCUT2D eigenvalue weighted by Gasteiger charge is 2.23. The lowest BCUT2D eigenvalue weighted by molar-refractivity contribution is 0.0672. The molecule has 27 heavy (non-hydrogen) atoms. The quantitative estimate of drug-likeness (QED) is 0.490. The third-order valence-electron chi connectivity index (χ3n) is 4.77. The molecule has 1 saturated heterocycles. The van der Waals surface area contributed by atoms with Crippen molar-refractivity contribution in [1.82, 2.24) is 10.6 Å². The van der Waals surface area contributed by atoms with Crippen molar-refractivity contribution >= 4 is 5.96 Å². The summed E-state index contributed by atoms with van der Waals surface area (Å²) in [5.41, 5.74) is -0.166. The number of nitrogens with one attached hydrogen (secondary N) is 2. The van der Waals surface area contributed by atoms with E-state index in [0.717, 1.165) is 43.9 Å². The molecule has 0 aliphatic carbocycles. The number of guanidine groups is 1. The van der Waals surface area contributed by atoms with Gasteiger partial charge in [-0.1, -0.05) is 30.3 Å². The molecule has 146 valence electrons. The maximum absolute atomic E-state index is 10.8. The summed E-state index contributed by atoms with van der Waals surface area (Å²) in [5, 5.41) is 17.5. The standard InChI is InChI=1S/C21H29N3O3/c1-21(25,18-6-3-2-4-7-18)16-24-20(23-14-17-10-13-26-15-17)22-11-9-19-8-5-12-27-19/h2-8,12,17,25H,9-11,13-16H2,1H3,(H2,22,23,24). The summed E-state index contributed by atoms with van der Waals surface area (Å²) in [7, 11) is 0. The van der Waals surface area contributed by atoms with Gasteiger partial charge in [0.25, 0.3) is 0 Å². The van der Waals surface area contributed by atoms with Gasteiger partial charge in [-0.2, -0.15) is 0 Å². The lowest BCUT2D eigenvalue weighted by atomic mass is 9.96. The Bertz CT molecular complexity index is 693. The summed E-state index contributed by atoms with van der Waals surface area (Å²) >= 11 is 0. The molecule has 0 amide bonds. The number of furan rings is 1. The zero-order valence-corrected chi connectivity index (χ0v) is 15.9. The van der Waals surface area contributed by atoms with Gasteiger partial charge in [0.1, 0.15) is 11.4 Å². The molecule has 1 aromatic heterocycles. The van der Waals surface area contributed by atoms with E-state index in [1.54, 1.807) is 13.2 Å². The molecule has 1 fully saturated rings. The second-order valence-corrected chi connectivity index (χ2v) is 7.17. The molecule has 2 aromatic rings. The second kappa shape index (κ2) is 9.58. The van der Waals surface area contributed by atoms with E-state index in [1.165, 1.54) is 0 Å². The summed E-state index contributed by atoms with van der Waals surface area (Å²) < 4.78 is 10.8. The number of aliphatic hydroxyl groups is 1. The Hall–Kier alpha value is -2.31. The summed E-state index contributed by atoms with van der Waals surface area (Å²) in [4.78, 5) is 4.62. The highest BCUT2D eigenvalue weighted by atomic mass is 16.5. The van der Waals surface area contributed by atoms with Crippen LogP contribution in [0.15, 0.2) is 58.1 Å². The zero-order valence-electron chi connectivity index (χ0n) is 15.9. The van der Waals surface area contributed by atoms with Gasteiger partial charge in [0.05, 0.1) is 19.4 Å². The molecule has 6 heteroatoms. The third kappa shape index (κ3) is 6.12. The average molecular weight is 371 g/mol. The van der Waals surface area contributed by atoms with E-state index in [-0.39, 0.29) is 6.54 Å². The van der Waals surface area contributed by atoms with E-state index in [4.69, 9.17) is 9.15 Å². The molecular weight excluding hydrogens is 342 g/mol. The van der Waals surface area contributed by atoms with Gasteiger partial charge in [0, 0.05) is 32.0 Å². The van der Waals surface area contributed by atoms with Crippen LogP contribution in [0.3, 0.4) is 0 Å². The molecule has 6 nitrogen and oxygen atoms in total. The average Bonchev–Trinajstić information content (AvgIpc) is 3.38. The molecule has 2 atom stereocenters. The van der Waals surface area contributed by atoms with Gasteiger partial charge >= 0.3 is 0 Å². The summed E-state index contributed by atoms with van der Waals surface area (Å²) in [5.74, 6) is 2.13. The number of benzene rings is 1. The van der Waals surface area contributed by atoms with Crippen molar-refractivity contribution in [2.24, 2.45) is 10.9 Å². The molecule has 1 aromatic carbocycles. The van der Waals surface area contributed by atoms with Crippen molar-refractivity contribution in [1.29, 1.82) is 0 Å². The smallest absolute Gasteiger partial charge is 0.191 e. The Morgan fingerprint density at radius 3 is 2.78 bits per heavy atom. The first kappa shape index (κ1) is 19.5. The number of rotatable bonds is 8. The highest BCUT2D eigenvalue weighted by Crippen LogP contribution is 2.20. The highest BCUT2D eigenvalue weighted by molar-refractivity contribution is 5.79. The lowest BCUT2D eigenvalue weighted by Crippen LogP contribution is -2.42. The number of nitrogens with zero attached hydrogens (tertiary/aromatic N) is 1. The minimum Gasteiger partial charge on any atom is -0.469 e. The van der Waals surface area contributed by atoms with Gasteiger partial charge in [-0.05, 0) is 31.0 Å². The fourth-order valence-corrected chi connectivity index (χ4v) is 3.04. The first-order chi connectivity index (χ1) is 13.1. The molecular formula is C21H29N3O3. The fraction of sp³-hybridized carbons (Fsp3) is 0.476. The van der Waals surface area contributed by atoms with Crippen LogP contribution >= 0.6 is 0 Å².